The number of aromatic nitrogens is 2. The van der Waals surface area contributed by atoms with Crippen LogP contribution in [-0.4, -0.2) is 28.5 Å². The number of hydrogen-bond donors (Lipinski definition) is 1. The Bertz CT molecular complexity index is 285. The van der Waals surface area contributed by atoms with Gasteiger partial charge in [0.05, 0.1) is 0 Å². The molecule has 0 aromatic carbocycles. The van der Waals surface area contributed by atoms with Crippen LogP contribution in [0.2, 0.25) is 0 Å². The van der Waals surface area contributed by atoms with Crippen LogP contribution < -0.4 is 10.6 Å². The van der Waals surface area contributed by atoms with Crippen molar-refractivity contribution in [2.45, 2.75) is 25.8 Å². The van der Waals surface area contributed by atoms with Gasteiger partial charge in [0.2, 0.25) is 5.13 Å². The quantitative estimate of drug-likeness (QED) is 0.757. The Morgan fingerprint density at radius 2 is 2.54 bits per heavy atom. The Hall–Kier alpha value is -0.680. The summed E-state index contributed by atoms with van der Waals surface area (Å²) in [5.74, 6) is 0.945. The second-order valence-corrected chi connectivity index (χ2v) is 4.07. The summed E-state index contributed by atoms with van der Waals surface area (Å²) in [5, 5.41) is 1.03. The zero-order chi connectivity index (χ0) is 9.26. The molecule has 13 heavy (non-hydrogen) atoms. The first-order valence-corrected chi connectivity index (χ1v) is 5.40. The molecule has 0 spiro atoms. The van der Waals surface area contributed by atoms with Crippen LogP contribution in [0.1, 0.15) is 19.2 Å². The Kier molecular flexibility index (Phi) is 2.46. The van der Waals surface area contributed by atoms with Crippen LogP contribution in [0.25, 0.3) is 0 Å². The van der Waals surface area contributed by atoms with E-state index in [4.69, 9.17) is 5.73 Å². The molecule has 1 atom stereocenters. The molecule has 0 amide bonds. The van der Waals surface area contributed by atoms with Crippen LogP contribution in [0, 0.1) is 0 Å². The summed E-state index contributed by atoms with van der Waals surface area (Å²) in [7, 11) is 0. The number of anilines is 1. The first-order valence-electron chi connectivity index (χ1n) is 4.62. The molecule has 1 aromatic heterocycles. The first kappa shape index (κ1) is 8.90. The molecule has 1 unspecified atom stereocenters. The average Bonchev–Trinajstić information content (AvgIpc) is 2.71. The van der Waals surface area contributed by atoms with E-state index in [0.29, 0.717) is 6.04 Å². The molecular formula is C8H14N4S. The van der Waals surface area contributed by atoms with Crippen molar-refractivity contribution in [2.24, 2.45) is 5.73 Å². The lowest BCUT2D eigenvalue weighted by molar-refractivity contribution is 0.752. The van der Waals surface area contributed by atoms with Crippen LogP contribution in [0.3, 0.4) is 0 Å². The zero-order valence-corrected chi connectivity index (χ0v) is 8.55. The Labute approximate surface area is 81.9 Å². The highest BCUT2D eigenvalue weighted by Gasteiger charge is 2.21. The van der Waals surface area contributed by atoms with Gasteiger partial charge in [0.15, 0.2) is 0 Å². The summed E-state index contributed by atoms with van der Waals surface area (Å²) in [5.41, 5.74) is 5.82. The summed E-state index contributed by atoms with van der Waals surface area (Å²) >= 11 is 1.48. The lowest BCUT2D eigenvalue weighted by atomic mass is 10.3. The van der Waals surface area contributed by atoms with Crippen LogP contribution in [0.15, 0.2) is 0 Å². The molecule has 1 aliphatic heterocycles. The number of hydrogen-bond acceptors (Lipinski definition) is 5. The highest BCUT2D eigenvalue weighted by Crippen LogP contribution is 2.21. The van der Waals surface area contributed by atoms with Crippen molar-refractivity contribution in [3.63, 3.8) is 0 Å². The largest absolute Gasteiger partial charge is 0.345 e. The Balaban J connectivity index is 2.08. The molecule has 1 fully saturated rings. The minimum atomic E-state index is 0.314. The molecule has 2 heterocycles. The van der Waals surface area contributed by atoms with Crippen molar-refractivity contribution in [1.82, 2.24) is 9.36 Å². The van der Waals surface area contributed by atoms with Gasteiger partial charge in [-0.1, -0.05) is 6.92 Å². The minimum absolute atomic E-state index is 0.314. The average molecular weight is 198 g/mol. The molecule has 0 aliphatic carbocycles. The Morgan fingerprint density at radius 3 is 3.08 bits per heavy atom. The number of nitrogens with zero attached hydrogens (tertiary/aromatic N) is 3. The van der Waals surface area contributed by atoms with Gasteiger partial charge in [0.25, 0.3) is 0 Å². The van der Waals surface area contributed by atoms with Crippen molar-refractivity contribution < 1.29 is 0 Å². The van der Waals surface area contributed by atoms with E-state index in [-0.39, 0.29) is 0 Å². The predicted octanol–water partition coefficient (Wildman–Crippen LogP) is 0.638. The van der Waals surface area contributed by atoms with E-state index in [2.05, 4.69) is 21.2 Å². The van der Waals surface area contributed by atoms with Crippen molar-refractivity contribution in [3.8, 4) is 0 Å². The Morgan fingerprint density at radius 1 is 1.69 bits per heavy atom. The maximum absolute atomic E-state index is 5.82. The van der Waals surface area contributed by atoms with Crippen molar-refractivity contribution in [3.05, 3.63) is 5.82 Å². The summed E-state index contributed by atoms with van der Waals surface area (Å²) in [6.45, 7) is 4.03. The van der Waals surface area contributed by atoms with Crippen LogP contribution in [0.4, 0.5) is 5.13 Å². The third-order valence-electron chi connectivity index (χ3n) is 2.27. The molecule has 0 radical (unpaired) electrons. The van der Waals surface area contributed by atoms with Crippen LogP contribution in [-0.2, 0) is 6.42 Å². The van der Waals surface area contributed by atoms with Gasteiger partial charge in [0, 0.05) is 37.1 Å². The van der Waals surface area contributed by atoms with Gasteiger partial charge in [-0.25, -0.2) is 4.98 Å². The summed E-state index contributed by atoms with van der Waals surface area (Å²) in [6.07, 6.45) is 1.98. The molecule has 2 N–H and O–H groups in total. The van der Waals surface area contributed by atoms with Crippen molar-refractivity contribution >= 4 is 16.7 Å². The van der Waals surface area contributed by atoms with Gasteiger partial charge < -0.3 is 10.6 Å². The smallest absolute Gasteiger partial charge is 0.205 e. The van der Waals surface area contributed by atoms with E-state index in [9.17, 15) is 0 Å². The van der Waals surface area contributed by atoms with Gasteiger partial charge in [-0.2, -0.15) is 4.37 Å². The molecular weight excluding hydrogens is 184 g/mol. The van der Waals surface area contributed by atoms with Gasteiger partial charge in [-0.3, -0.25) is 0 Å². The molecule has 1 saturated heterocycles. The SMILES string of the molecule is CCc1nsc(N2CCC(N)C2)n1. The van der Waals surface area contributed by atoms with E-state index >= 15 is 0 Å². The summed E-state index contributed by atoms with van der Waals surface area (Å²) in [4.78, 5) is 6.65. The van der Waals surface area contributed by atoms with E-state index in [1.165, 1.54) is 11.5 Å². The fourth-order valence-corrected chi connectivity index (χ4v) is 2.26. The first-order chi connectivity index (χ1) is 6.29. The second kappa shape index (κ2) is 3.59. The number of nitrogens with two attached hydrogens (primary N) is 1. The standard InChI is InChI=1S/C8H14N4S/c1-2-7-10-8(13-11-7)12-4-3-6(9)5-12/h6H,2-5,9H2,1H3. The molecule has 4 nitrogen and oxygen atoms in total. The molecule has 1 aromatic rings. The van der Waals surface area contributed by atoms with Gasteiger partial charge >= 0.3 is 0 Å². The van der Waals surface area contributed by atoms with Crippen molar-refractivity contribution in [2.75, 3.05) is 18.0 Å². The third kappa shape index (κ3) is 1.81. The monoisotopic (exact) mass is 198 g/mol. The topological polar surface area (TPSA) is 55.0 Å². The maximum Gasteiger partial charge on any atom is 0.205 e. The number of aryl methyl sites for hydroxylation is 1. The highest BCUT2D eigenvalue weighted by atomic mass is 32.1. The van der Waals surface area contributed by atoms with E-state index in [1.54, 1.807) is 0 Å². The van der Waals surface area contributed by atoms with E-state index < -0.39 is 0 Å². The van der Waals surface area contributed by atoms with Gasteiger partial charge in [-0.05, 0) is 6.42 Å². The lowest BCUT2D eigenvalue weighted by Gasteiger charge is -2.12. The molecule has 72 valence electrons. The fourth-order valence-electron chi connectivity index (χ4n) is 1.48. The molecule has 5 heteroatoms. The van der Waals surface area contributed by atoms with Gasteiger partial charge in [-0.15, -0.1) is 0 Å². The van der Waals surface area contributed by atoms with Gasteiger partial charge in [0.1, 0.15) is 5.82 Å². The highest BCUT2D eigenvalue weighted by molar-refractivity contribution is 7.09. The molecule has 1 aliphatic rings. The molecule has 2 rings (SSSR count). The van der Waals surface area contributed by atoms with Crippen LogP contribution >= 0.6 is 11.5 Å². The predicted molar refractivity (Wildman–Crippen MR) is 54.1 cm³/mol. The van der Waals surface area contributed by atoms with E-state index in [0.717, 1.165) is 36.9 Å². The normalized spacial score (nSPS) is 22.6. The summed E-state index contributed by atoms with van der Waals surface area (Å²) in [6, 6.07) is 0.314. The van der Waals surface area contributed by atoms with Crippen molar-refractivity contribution in [1.29, 1.82) is 0 Å². The molecule has 0 saturated carbocycles. The van der Waals surface area contributed by atoms with E-state index in [1.807, 2.05) is 0 Å². The third-order valence-corrected chi connectivity index (χ3v) is 3.08. The molecule has 0 bridgehead atoms. The summed E-state index contributed by atoms with van der Waals surface area (Å²) < 4.78 is 4.25. The van der Waals surface area contributed by atoms with Crippen LogP contribution in [0.5, 0.6) is 0 Å². The fraction of sp³-hybridized carbons (Fsp3) is 0.750. The second-order valence-electron chi connectivity index (χ2n) is 3.34. The minimum Gasteiger partial charge on any atom is -0.345 e. The number of rotatable bonds is 2. The maximum atomic E-state index is 5.82. The lowest BCUT2D eigenvalue weighted by Crippen LogP contribution is -2.26. The zero-order valence-electron chi connectivity index (χ0n) is 7.73.